The lowest BCUT2D eigenvalue weighted by molar-refractivity contribution is -0.119. The summed E-state index contributed by atoms with van der Waals surface area (Å²) in [6.07, 6.45) is 1.57. The summed E-state index contributed by atoms with van der Waals surface area (Å²) >= 11 is 0. The first kappa shape index (κ1) is 11.2. The Morgan fingerprint density at radius 2 is 2.21 bits per heavy atom. The van der Waals surface area contributed by atoms with Crippen LogP contribution in [0.15, 0.2) is 0 Å². The first-order valence-electron chi connectivity index (χ1n) is 4.42. The van der Waals surface area contributed by atoms with E-state index in [9.17, 15) is 14.2 Å². The lowest BCUT2D eigenvalue weighted by Gasteiger charge is -2.18. The number of imide groups is 1. The van der Waals surface area contributed by atoms with E-state index in [0.29, 0.717) is 13.0 Å². The summed E-state index contributed by atoms with van der Waals surface area (Å²) in [5.41, 5.74) is 0. The van der Waals surface area contributed by atoms with Crippen LogP contribution >= 0.6 is 8.03 Å². The minimum atomic E-state index is -3.03. The van der Waals surface area contributed by atoms with Crippen LogP contribution < -0.4 is 5.32 Å². The quantitative estimate of drug-likeness (QED) is 0.520. The first-order chi connectivity index (χ1) is 6.57. The van der Waals surface area contributed by atoms with E-state index in [0.717, 1.165) is 11.3 Å². The zero-order valence-corrected chi connectivity index (χ0v) is 8.82. The summed E-state index contributed by atoms with van der Waals surface area (Å²) in [7, 11) is -3.03. The van der Waals surface area contributed by atoms with Crippen molar-refractivity contribution in [3.05, 3.63) is 0 Å². The Kier molecular flexibility index (Phi) is 3.66. The largest absolute Gasteiger partial charge is 0.345 e. The Hall–Kier alpha value is -0.870. The van der Waals surface area contributed by atoms with E-state index in [1.165, 1.54) is 0 Å². The highest BCUT2D eigenvalue weighted by Gasteiger charge is 2.41. The molecule has 0 saturated carbocycles. The molecule has 14 heavy (non-hydrogen) atoms. The van der Waals surface area contributed by atoms with Gasteiger partial charge in [0.25, 0.3) is 5.91 Å². The van der Waals surface area contributed by atoms with Crippen LogP contribution in [0.2, 0.25) is 0 Å². The smallest absolute Gasteiger partial charge is 0.325 e. The number of urea groups is 1. The van der Waals surface area contributed by atoms with Crippen molar-refractivity contribution in [3.8, 4) is 0 Å². The number of nitrogens with one attached hydrogen (secondary N) is 1. The SMILES string of the molecule is CCCCN1C(=O)NC(=O)C1[PH](=O)O. The average Bonchev–Trinajstić information content (AvgIpc) is 2.37. The molecule has 0 aromatic heterocycles. The van der Waals surface area contributed by atoms with Crippen molar-refractivity contribution >= 4 is 20.0 Å². The van der Waals surface area contributed by atoms with E-state index >= 15 is 0 Å². The highest BCUT2D eigenvalue weighted by Crippen LogP contribution is 2.29. The predicted molar refractivity (Wildman–Crippen MR) is 50.2 cm³/mol. The fourth-order valence-electron chi connectivity index (χ4n) is 1.31. The molecule has 1 aliphatic heterocycles. The second kappa shape index (κ2) is 4.57. The molecule has 1 saturated heterocycles. The second-order valence-corrected chi connectivity index (χ2v) is 4.31. The van der Waals surface area contributed by atoms with Gasteiger partial charge in [0.05, 0.1) is 0 Å². The van der Waals surface area contributed by atoms with Gasteiger partial charge in [-0.2, -0.15) is 0 Å². The summed E-state index contributed by atoms with van der Waals surface area (Å²) in [5, 5.41) is 2.02. The molecule has 2 N–H and O–H groups in total. The minimum Gasteiger partial charge on any atom is -0.345 e. The van der Waals surface area contributed by atoms with Gasteiger partial charge >= 0.3 is 6.03 Å². The average molecular weight is 220 g/mol. The number of rotatable bonds is 4. The Morgan fingerprint density at radius 3 is 2.71 bits per heavy atom. The molecule has 7 heteroatoms. The number of carbonyl (C=O) groups excluding carboxylic acids is 2. The topological polar surface area (TPSA) is 86.7 Å². The van der Waals surface area contributed by atoms with Gasteiger partial charge in [0.1, 0.15) is 0 Å². The van der Waals surface area contributed by atoms with Crippen LogP contribution in [0, 0.1) is 0 Å². The maximum absolute atomic E-state index is 11.2. The van der Waals surface area contributed by atoms with Crippen molar-refractivity contribution < 1.29 is 19.0 Å². The van der Waals surface area contributed by atoms with Gasteiger partial charge in [-0.3, -0.25) is 14.7 Å². The Morgan fingerprint density at radius 1 is 1.57 bits per heavy atom. The van der Waals surface area contributed by atoms with Crippen LogP contribution in [0.25, 0.3) is 0 Å². The molecule has 2 unspecified atom stereocenters. The molecule has 0 aromatic rings. The normalized spacial score (nSPS) is 23.9. The predicted octanol–water partition coefficient (Wildman–Crippen LogP) is 0.131. The highest BCUT2D eigenvalue weighted by molar-refractivity contribution is 7.40. The van der Waals surface area contributed by atoms with E-state index in [2.05, 4.69) is 0 Å². The standard InChI is InChI=1S/C7H13N2O4P/c1-2-3-4-9-6(14(12)13)5(10)8-7(9)11/h6,14H,2-4H2,1H3,(H,12,13)(H,8,10,11). The molecule has 1 aliphatic rings. The molecule has 2 atom stereocenters. The van der Waals surface area contributed by atoms with Crippen molar-refractivity contribution in [2.75, 3.05) is 6.54 Å². The summed E-state index contributed by atoms with van der Waals surface area (Å²) in [5.74, 6) is -1.84. The van der Waals surface area contributed by atoms with Gasteiger partial charge in [-0.25, -0.2) is 4.79 Å². The van der Waals surface area contributed by atoms with Crippen LogP contribution in [-0.2, 0) is 9.36 Å². The molecule has 6 nitrogen and oxygen atoms in total. The summed E-state index contributed by atoms with van der Waals surface area (Å²) in [6.45, 7) is 2.28. The van der Waals surface area contributed by atoms with Crippen molar-refractivity contribution in [2.24, 2.45) is 0 Å². The monoisotopic (exact) mass is 220 g/mol. The number of hydrogen-bond donors (Lipinski definition) is 2. The first-order valence-corrected chi connectivity index (χ1v) is 5.85. The Balaban J connectivity index is 2.73. The van der Waals surface area contributed by atoms with Gasteiger partial charge < -0.3 is 9.79 Å². The van der Waals surface area contributed by atoms with Gasteiger partial charge in [0.15, 0.2) is 5.78 Å². The fraction of sp³-hybridized carbons (Fsp3) is 0.714. The van der Waals surface area contributed by atoms with E-state index < -0.39 is 25.7 Å². The van der Waals surface area contributed by atoms with Gasteiger partial charge in [0.2, 0.25) is 8.03 Å². The van der Waals surface area contributed by atoms with Gasteiger partial charge in [-0.15, -0.1) is 0 Å². The number of carbonyl (C=O) groups is 2. The molecule has 1 fully saturated rings. The van der Waals surface area contributed by atoms with Crippen LogP contribution in [0.4, 0.5) is 4.79 Å². The summed E-state index contributed by atoms with van der Waals surface area (Å²) in [6, 6.07) is -0.569. The zero-order valence-electron chi connectivity index (χ0n) is 7.82. The molecule has 3 amide bonds. The molecule has 0 aliphatic carbocycles. The molecule has 0 radical (unpaired) electrons. The van der Waals surface area contributed by atoms with Crippen molar-refractivity contribution in [1.29, 1.82) is 0 Å². The molecule has 0 spiro atoms. The molecule has 0 bridgehead atoms. The van der Waals surface area contributed by atoms with Crippen molar-refractivity contribution in [2.45, 2.75) is 25.5 Å². The zero-order chi connectivity index (χ0) is 10.7. The van der Waals surface area contributed by atoms with E-state index in [1.54, 1.807) is 0 Å². The lowest BCUT2D eigenvalue weighted by Crippen LogP contribution is -2.33. The molecule has 1 heterocycles. The van der Waals surface area contributed by atoms with E-state index in [4.69, 9.17) is 4.89 Å². The highest BCUT2D eigenvalue weighted by atomic mass is 31.1. The van der Waals surface area contributed by atoms with Gasteiger partial charge in [-0.05, 0) is 6.42 Å². The van der Waals surface area contributed by atoms with E-state index in [1.807, 2.05) is 12.2 Å². The summed E-state index contributed by atoms with van der Waals surface area (Å²) < 4.78 is 10.9. The molecule has 1 rings (SSSR count). The summed E-state index contributed by atoms with van der Waals surface area (Å²) in [4.78, 5) is 32.3. The van der Waals surface area contributed by atoms with Gasteiger partial charge in [-0.1, -0.05) is 13.3 Å². The van der Waals surface area contributed by atoms with Crippen LogP contribution in [-0.4, -0.2) is 34.1 Å². The Labute approximate surface area is 82.1 Å². The van der Waals surface area contributed by atoms with Gasteiger partial charge in [0, 0.05) is 6.54 Å². The third-order valence-electron chi connectivity index (χ3n) is 2.04. The second-order valence-electron chi connectivity index (χ2n) is 3.08. The third-order valence-corrected chi connectivity index (χ3v) is 3.08. The molecular weight excluding hydrogens is 207 g/mol. The van der Waals surface area contributed by atoms with Crippen LogP contribution in [0.3, 0.4) is 0 Å². The van der Waals surface area contributed by atoms with Crippen LogP contribution in [0.5, 0.6) is 0 Å². The van der Waals surface area contributed by atoms with Crippen molar-refractivity contribution in [1.82, 2.24) is 10.2 Å². The minimum absolute atomic E-state index is 0.343. The lowest BCUT2D eigenvalue weighted by atomic mass is 10.3. The molecule has 80 valence electrons. The molecular formula is C7H13N2O4P. The maximum Gasteiger partial charge on any atom is 0.325 e. The fourth-order valence-corrected chi connectivity index (χ4v) is 2.12. The van der Waals surface area contributed by atoms with Crippen molar-refractivity contribution in [3.63, 3.8) is 0 Å². The molecule has 0 aromatic carbocycles. The number of amides is 3. The number of nitrogens with zero attached hydrogens (tertiary/aromatic N) is 1. The third kappa shape index (κ3) is 2.13. The Bertz CT molecular complexity index is 281. The van der Waals surface area contributed by atoms with E-state index in [-0.39, 0.29) is 0 Å². The maximum atomic E-state index is 11.2. The number of hydrogen-bond acceptors (Lipinski definition) is 3. The van der Waals surface area contributed by atoms with Crippen LogP contribution in [0.1, 0.15) is 19.8 Å². The number of unbranched alkanes of at least 4 members (excludes halogenated alkanes) is 1.